The predicted octanol–water partition coefficient (Wildman–Crippen LogP) is 1.33. The molecular weight excluding hydrogens is 337 g/mol. The number of rotatable bonds is 8. The summed E-state index contributed by atoms with van der Waals surface area (Å²) in [6, 6.07) is 7.76. The molecule has 0 saturated carbocycles. The van der Waals surface area contributed by atoms with Crippen LogP contribution in [0.1, 0.15) is 12.5 Å². The highest BCUT2D eigenvalue weighted by molar-refractivity contribution is 9.10. The molecule has 0 heterocycles. The fourth-order valence-corrected chi connectivity index (χ4v) is 2.25. The van der Waals surface area contributed by atoms with Crippen molar-refractivity contribution in [2.75, 3.05) is 19.6 Å². The van der Waals surface area contributed by atoms with Crippen LogP contribution >= 0.6 is 15.9 Å². The Balaban J connectivity index is 2.66. The largest absolute Gasteiger partial charge is 0.464 e. The Morgan fingerprint density at radius 2 is 2.05 bits per heavy atom. The zero-order valence-electron chi connectivity index (χ0n) is 12.3. The second-order valence-corrected chi connectivity index (χ2v) is 5.85. The van der Waals surface area contributed by atoms with Crippen LogP contribution in [0.5, 0.6) is 0 Å². The van der Waals surface area contributed by atoms with Gasteiger partial charge >= 0.3 is 5.97 Å². The second-order valence-electron chi connectivity index (χ2n) is 4.94. The molecule has 7 heteroatoms. The van der Waals surface area contributed by atoms with Crippen molar-refractivity contribution >= 4 is 28.8 Å². The van der Waals surface area contributed by atoms with Crippen molar-refractivity contribution in [3.05, 3.63) is 34.3 Å². The Hall–Kier alpha value is -0.885. The summed E-state index contributed by atoms with van der Waals surface area (Å²) < 4.78 is 5.78. The first-order valence-electron chi connectivity index (χ1n) is 6.92. The first-order valence-corrected chi connectivity index (χ1v) is 7.71. The third-order valence-electron chi connectivity index (χ3n) is 2.83. The summed E-state index contributed by atoms with van der Waals surface area (Å²) in [7, 11) is 0. The minimum Gasteiger partial charge on any atom is -0.464 e. The minimum absolute atomic E-state index is 0.125. The van der Waals surface area contributed by atoms with Gasteiger partial charge in [0.2, 0.25) is 0 Å². The molecule has 0 fully saturated rings. The van der Waals surface area contributed by atoms with Gasteiger partial charge in [-0.3, -0.25) is 0 Å². The van der Waals surface area contributed by atoms with Gasteiger partial charge in [-0.15, -0.1) is 0 Å². The van der Waals surface area contributed by atoms with Crippen molar-refractivity contribution < 1.29 is 19.7 Å². The second kappa shape index (κ2) is 9.20. The van der Waals surface area contributed by atoms with E-state index in [1.54, 1.807) is 13.7 Å². The lowest BCUT2D eigenvalue weighted by molar-refractivity contribution is -0.153. The summed E-state index contributed by atoms with van der Waals surface area (Å²) in [5.74, 6) is -0.635. The molecular formula is C14H21BBrNO4. The molecule has 1 atom stereocenters. The van der Waals surface area contributed by atoms with Gasteiger partial charge in [-0.05, 0) is 24.6 Å². The number of halogens is 1. The number of aliphatic hydroxyl groups is 1. The van der Waals surface area contributed by atoms with Crippen molar-refractivity contribution in [1.29, 1.82) is 0 Å². The fourth-order valence-electron chi connectivity index (χ4n) is 1.98. The highest BCUT2D eigenvalue weighted by Crippen LogP contribution is 2.12. The lowest BCUT2D eigenvalue weighted by Gasteiger charge is -2.24. The highest BCUT2D eigenvalue weighted by atomic mass is 79.9. The molecule has 0 aliphatic rings. The molecule has 0 aliphatic heterocycles. The van der Waals surface area contributed by atoms with Crippen molar-refractivity contribution in [1.82, 2.24) is 4.90 Å². The first-order chi connectivity index (χ1) is 9.92. The number of carbonyl (C=O) groups excluding carboxylic acids is 1. The van der Waals surface area contributed by atoms with Crippen molar-refractivity contribution in [2.24, 2.45) is 0 Å². The maximum absolute atomic E-state index is 11.5. The molecule has 0 saturated heterocycles. The van der Waals surface area contributed by atoms with Gasteiger partial charge in [-0.25, -0.2) is 4.79 Å². The molecule has 1 aromatic carbocycles. The molecule has 1 aromatic rings. The number of hydrogen-bond donors (Lipinski definition) is 2. The quantitative estimate of drug-likeness (QED) is 0.542. The Kier molecular flexibility index (Phi) is 7.96. The molecule has 0 aliphatic carbocycles. The van der Waals surface area contributed by atoms with E-state index >= 15 is 0 Å². The van der Waals surface area contributed by atoms with Gasteiger partial charge in [0.1, 0.15) is 0 Å². The first kappa shape index (κ1) is 18.2. The standard InChI is InChI=1S/C14H21BBrNO4/c1-3-21-14(19)13(18)9-17(10-15(2)20)8-11-4-6-12(16)7-5-11/h4-7,13,18,20H,3,8-10H2,1-2H3. The number of hydrogen-bond acceptors (Lipinski definition) is 5. The number of esters is 1. The van der Waals surface area contributed by atoms with Gasteiger partial charge < -0.3 is 19.8 Å². The minimum atomic E-state index is -1.21. The van der Waals surface area contributed by atoms with Gasteiger partial charge in [0.15, 0.2) is 6.10 Å². The van der Waals surface area contributed by atoms with Gasteiger partial charge in [0.05, 0.1) is 6.61 Å². The van der Waals surface area contributed by atoms with Crippen LogP contribution in [0.25, 0.3) is 0 Å². The number of aliphatic hydroxyl groups excluding tert-OH is 1. The summed E-state index contributed by atoms with van der Waals surface area (Å²) in [6.45, 7) is 3.72. The van der Waals surface area contributed by atoms with Crippen LogP contribution in [0.3, 0.4) is 0 Å². The fraction of sp³-hybridized carbons (Fsp3) is 0.500. The van der Waals surface area contributed by atoms with Crippen LogP contribution < -0.4 is 0 Å². The van der Waals surface area contributed by atoms with Crippen molar-refractivity contribution in [2.45, 2.75) is 26.4 Å². The van der Waals surface area contributed by atoms with Crippen LogP contribution in [-0.2, 0) is 16.1 Å². The summed E-state index contributed by atoms with van der Waals surface area (Å²) in [5, 5.41) is 19.4. The molecule has 2 N–H and O–H groups in total. The van der Waals surface area contributed by atoms with Crippen LogP contribution in [0, 0.1) is 0 Å². The third-order valence-corrected chi connectivity index (χ3v) is 3.36. The molecule has 0 radical (unpaired) electrons. The van der Waals surface area contributed by atoms with E-state index in [4.69, 9.17) is 4.74 Å². The Labute approximate surface area is 134 Å². The van der Waals surface area contributed by atoms with Crippen LogP contribution in [0.15, 0.2) is 28.7 Å². The van der Waals surface area contributed by atoms with Crippen molar-refractivity contribution in [3.63, 3.8) is 0 Å². The third kappa shape index (κ3) is 7.08. The van der Waals surface area contributed by atoms with E-state index < -0.39 is 19.0 Å². The average molecular weight is 358 g/mol. The molecule has 0 amide bonds. The van der Waals surface area contributed by atoms with E-state index in [0.717, 1.165) is 10.0 Å². The van der Waals surface area contributed by atoms with E-state index in [-0.39, 0.29) is 13.2 Å². The van der Waals surface area contributed by atoms with Gasteiger partial charge in [-0.1, -0.05) is 34.9 Å². The van der Waals surface area contributed by atoms with Crippen LogP contribution in [0.4, 0.5) is 0 Å². The van der Waals surface area contributed by atoms with E-state index in [2.05, 4.69) is 15.9 Å². The summed E-state index contributed by atoms with van der Waals surface area (Å²) in [6.07, 6.45) is -0.842. The SMILES string of the molecule is CCOC(=O)C(O)CN(CB(C)O)Cc1ccc(Br)cc1. The molecule has 0 bridgehead atoms. The van der Waals surface area contributed by atoms with Gasteiger partial charge in [0, 0.05) is 24.0 Å². The van der Waals surface area contributed by atoms with E-state index in [0.29, 0.717) is 13.0 Å². The zero-order chi connectivity index (χ0) is 15.8. The molecule has 0 spiro atoms. The maximum Gasteiger partial charge on any atom is 0.336 e. The Morgan fingerprint density at radius 1 is 1.43 bits per heavy atom. The highest BCUT2D eigenvalue weighted by Gasteiger charge is 2.22. The summed E-state index contributed by atoms with van der Waals surface area (Å²) in [4.78, 5) is 13.3. The van der Waals surface area contributed by atoms with Gasteiger partial charge in [0.25, 0.3) is 6.92 Å². The summed E-state index contributed by atoms with van der Waals surface area (Å²) >= 11 is 3.37. The molecule has 116 valence electrons. The van der Waals surface area contributed by atoms with E-state index in [1.165, 1.54) is 0 Å². The molecule has 0 aromatic heterocycles. The number of benzene rings is 1. The molecule has 5 nitrogen and oxygen atoms in total. The summed E-state index contributed by atoms with van der Waals surface area (Å²) in [5.41, 5.74) is 1.04. The smallest absolute Gasteiger partial charge is 0.336 e. The Morgan fingerprint density at radius 3 is 2.57 bits per heavy atom. The molecule has 1 unspecified atom stereocenters. The maximum atomic E-state index is 11.5. The molecule has 1 rings (SSSR count). The van der Waals surface area contributed by atoms with Crippen LogP contribution in [-0.4, -0.2) is 53.6 Å². The van der Waals surface area contributed by atoms with Crippen molar-refractivity contribution in [3.8, 4) is 0 Å². The van der Waals surface area contributed by atoms with E-state index in [1.807, 2.05) is 29.2 Å². The zero-order valence-corrected chi connectivity index (χ0v) is 13.9. The van der Waals surface area contributed by atoms with Gasteiger partial charge in [-0.2, -0.15) is 0 Å². The normalized spacial score (nSPS) is 12.3. The predicted molar refractivity (Wildman–Crippen MR) is 85.9 cm³/mol. The Bertz CT molecular complexity index is 441. The number of nitrogens with zero attached hydrogens (tertiary/aromatic N) is 1. The lowest BCUT2D eigenvalue weighted by atomic mass is 9.71. The topological polar surface area (TPSA) is 70.0 Å². The molecule has 21 heavy (non-hydrogen) atoms. The van der Waals surface area contributed by atoms with E-state index in [9.17, 15) is 14.9 Å². The monoisotopic (exact) mass is 357 g/mol. The number of ether oxygens (including phenoxy) is 1. The average Bonchev–Trinajstić information content (AvgIpc) is 2.40. The number of carbonyl (C=O) groups is 1. The lowest BCUT2D eigenvalue weighted by Crippen LogP contribution is -2.41. The van der Waals surface area contributed by atoms with Crippen LogP contribution in [0.2, 0.25) is 6.82 Å².